The number of hydrogen-bond acceptors (Lipinski definition) is 5. The number of nitrogens with zero attached hydrogens (tertiary/aromatic N) is 3. The van der Waals surface area contributed by atoms with Gasteiger partial charge in [0.2, 0.25) is 5.91 Å². The van der Waals surface area contributed by atoms with Crippen molar-refractivity contribution in [2.45, 2.75) is 25.3 Å². The average Bonchev–Trinajstić information content (AvgIpc) is 2.67. The lowest BCUT2D eigenvalue weighted by molar-refractivity contribution is -0.145. The average molecular weight is 371 g/mol. The van der Waals surface area contributed by atoms with E-state index in [-0.39, 0.29) is 11.3 Å². The number of nitrogens with one attached hydrogen (secondary N) is 1. The first-order valence-corrected chi connectivity index (χ1v) is 8.43. The molecule has 3 N–H and O–H groups in total. The number of rotatable bonds is 3. The molecular weight excluding hydrogens is 353 g/mol. The first-order chi connectivity index (χ1) is 13.0. The van der Waals surface area contributed by atoms with Crippen molar-refractivity contribution in [1.29, 1.82) is 0 Å². The molecule has 140 valence electrons. The highest BCUT2D eigenvalue weighted by Gasteiger charge is 2.32. The zero-order valence-corrected chi connectivity index (χ0v) is 14.4. The number of primary amides is 1. The number of amides is 3. The van der Waals surface area contributed by atoms with Gasteiger partial charge < -0.3 is 16.0 Å². The summed E-state index contributed by atoms with van der Waals surface area (Å²) in [5.74, 6) is -2.80. The highest BCUT2D eigenvalue weighted by Crippen LogP contribution is 2.31. The topological polar surface area (TPSA) is 118 Å². The van der Waals surface area contributed by atoms with E-state index in [1.54, 1.807) is 0 Å². The van der Waals surface area contributed by atoms with E-state index in [1.165, 1.54) is 35.6 Å². The molecule has 3 heterocycles. The van der Waals surface area contributed by atoms with E-state index in [1.807, 2.05) is 0 Å². The molecule has 3 amide bonds. The molecule has 0 unspecified atom stereocenters. The van der Waals surface area contributed by atoms with Gasteiger partial charge in [0.1, 0.15) is 5.82 Å². The fourth-order valence-electron chi connectivity index (χ4n) is 3.09. The fraction of sp³-hybridized carbons (Fsp3) is 0.278. The van der Waals surface area contributed by atoms with Gasteiger partial charge in [-0.25, -0.2) is 4.39 Å². The SMILES string of the molecule is NC(=O)c1cncc(NC(=O)C(=O)N2CCCC[C@H]2c2cncc(F)c2)c1. The Bertz CT molecular complexity index is 889. The maximum absolute atomic E-state index is 13.5. The summed E-state index contributed by atoms with van der Waals surface area (Å²) < 4.78 is 13.5. The van der Waals surface area contributed by atoms with Crippen molar-refractivity contribution in [3.63, 3.8) is 0 Å². The number of piperidine rings is 1. The second-order valence-electron chi connectivity index (χ2n) is 6.23. The Labute approximate surface area is 154 Å². The molecule has 2 aromatic rings. The third-order valence-electron chi connectivity index (χ3n) is 4.35. The highest BCUT2D eigenvalue weighted by atomic mass is 19.1. The predicted molar refractivity (Wildman–Crippen MR) is 93.9 cm³/mol. The monoisotopic (exact) mass is 371 g/mol. The second-order valence-corrected chi connectivity index (χ2v) is 6.23. The van der Waals surface area contributed by atoms with Crippen LogP contribution in [-0.2, 0) is 9.59 Å². The predicted octanol–water partition coefficient (Wildman–Crippen LogP) is 1.41. The van der Waals surface area contributed by atoms with Gasteiger partial charge in [0.25, 0.3) is 0 Å². The molecule has 1 saturated heterocycles. The maximum atomic E-state index is 13.5. The highest BCUT2D eigenvalue weighted by molar-refractivity contribution is 6.39. The van der Waals surface area contributed by atoms with Crippen molar-refractivity contribution in [3.8, 4) is 0 Å². The molecule has 1 atom stereocenters. The van der Waals surface area contributed by atoms with Crippen LogP contribution in [0.5, 0.6) is 0 Å². The molecule has 27 heavy (non-hydrogen) atoms. The summed E-state index contributed by atoms with van der Waals surface area (Å²) >= 11 is 0. The number of likely N-dealkylation sites (tertiary alicyclic amines) is 1. The van der Waals surface area contributed by atoms with E-state index in [0.29, 0.717) is 18.5 Å². The van der Waals surface area contributed by atoms with E-state index in [9.17, 15) is 18.8 Å². The Hall–Kier alpha value is -3.36. The molecule has 1 fully saturated rings. The van der Waals surface area contributed by atoms with Gasteiger partial charge in [-0.15, -0.1) is 0 Å². The van der Waals surface area contributed by atoms with Gasteiger partial charge in [-0.05, 0) is 37.0 Å². The molecule has 1 aliphatic heterocycles. The lowest BCUT2D eigenvalue weighted by Gasteiger charge is -2.35. The number of aromatic nitrogens is 2. The number of hydrogen-bond donors (Lipinski definition) is 2. The van der Waals surface area contributed by atoms with Crippen LogP contribution in [-0.4, -0.2) is 39.1 Å². The van der Waals surface area contributed by atoms with Gasteiger partial charge in [0.05, 0.1) is 29.7 Å². The van der Waals surface area contributed by atoms with Gasteiger partial charge in [-0.1, -0.05) is 0 Å². The maximum Gasteiger partial charge on any atom is 0.313 e. The summed E-state index contributed by atoms with van der Waals surface area (Å²) in [6.07, 6.45) is 7.37. The third-order valence-corrected chi connectivity index (χ3v) is 4.35. The van der Waals surface area contributed by atoms with Gasteiger partial charge in [-0.2, -0.15) is 0 Å². The van der Waals surface area contributed by atoms with Crippen molar-refractivity contribution in [3.05, 3.63) is 53.9 Å². The van der Waals surface area contributed by atoms with Crippen LogP contribution >= 0.6 is 0 Å². The fourth-order valence-corrected chi connectivity index (χ4v) is 3.09. The second kappa shape index (κ2) is 7.90. The zero-order valence-electron chi connectivity index (χ0n) is 14.4. The summed E-state index contributed by atoms with van der Waals surface area (Å²) in [6, 6.07) is 2.24. The van der Waals surface area contributed by atoms with Crippen LogP contribution in [0.25, 0.3) is 0 Å². The van der Waals surface area contributed by atoms with Crippen LogP contribution < -0.4 is 11.1 Å². The zero-order chi connectivity index (χ0) is 19.4. The molecule has 9 heteroatoms. The Morgan fingerprint density at radius 2 is 1.89 bits per heavy atom. The summed E-state index contributed by atoms with van der Waals surface area (Å²) in [5.41, 5.74) is 6.03. The smallest absolute Gasteiger partial charge is 0.313 e. The Kier molecular flexibility index (Phi) is 5.39. The van der Waals surface area contributed by atoms with Crippen molar-refractivity contribution < 1.29 is 18.8 Å². The third kappa shape index (κ3) is 4.25. The molecule has 8 nitrogen and oxygen atoms in total. The van der Waals surface area contributed by atoms with Crippen LogP contribution in [0.15, 0.2) is 36.9 Å². The molecule has 0 aliphatic carbocycles. The normalized spacial score (nSPS) is 16.6. The molecule has 0 saturated carbocycles. The number of nitrogens with two attached hydrogens (primary N) is 1. The van der Waals surface area contributed by atoms with Gasteiger partial charge in [-0.3, -0.25) is 24.4 Å². The summed E-state index contributed by atoms with van der Waals surface area (Å²) in [5, 5.41) is 2.43. The minimum atomic E-state index is -0.866. The van der Waals surface area contributed by atoms with E-state index in [0.717, 1.165) is 19.0 Å². The summed E-state index contributed by atoms with van der Waals surface area (Å²) in [6.45, 7) is 0.382. The quantitative estimate of drug-likeness (QED) is 0.791. The largest absolute Gasteiger partial charge is 0.366 e. The number of halogens is 1. The lowest BCUT2D eigenvalue weighted by atomic mass is 9.96. The Morgan fingerprint density at radius 1 is 1.11 bits per heavy atom. The van der Waals surface area contributed by atoms with Crippen LogP contribution in [0.1, 0.15) is 41.2 Å². The van der Waals surface area contributed by atoms with Gasteiger partial charge in [0, 0.05) is 18.9 Å². The molecule has 0 spiro atoms. The lowest BCUT2D eigenvalue weighted by Crippen LogP contribution is -2.44. The number of carbonyl (C=O) groups excluding carboxylic acids is 3. The summed E-state index contributed by atoms with van der Waals surface area (Å²) in [7, 11) is 0. The number of pyridine rings is 2. The van der Waals surface area contributed by atoms with Crippen molar-refractivity contribution in [2.24, 2.45) is 5.73 Å². The minimum Gasteiger partial charge on any atom is -0.366 e. The van der Waals surface area contributed by atoms with Gasteiger partial charge in [0.15, 0.2) is 0 Å². The molecule has 0 bridgehead atoms. The van der Waals surface area contributed by atoms with Crippen LogP contribution in [0.3, 0.4) is 0 Å². The van der Waals surface area contributed by atoms with Crippen molar-refractivity contribution in [1.82, 2.24) is 14.9 Å². The van der Waals surface area contributed by atoms with Gasteiger partial charge >= 0.3 is 11.8 Å². The van der Waals surface area contributed by atoms with Crippen LogP contribution in [0, 0.1) is 5.82 Å². The molecule has 2 aromatic heterocycles. The van der Waals surface area contributed by atoms with E-state index >= 15 is 0 Å². The number of carbonyl (C=O) groups is 3. The first-order valence-electron chi connectivity index (χ1n) is 8.43. The molecular formula is C18H18FN5O3. The number of anilines is 1. The van der Waals surface area contributed by atoms with E-state index in [2.05, 4.69) is 15.3 Å². The summed E-state index contributed by atoms with van der Waals surface area (Å²) in [4.78, 5) is 45.3. The minimum absolute atomic E-state index is 0.113. The first kappa shape index (κ1) is 18.4. The van der Waals surface area contributed by atoms with Crippen molar-refractivity contribution in [2.75, 3.05) is 11.9 Å². The molecule has 3 rings (SSSR count). The molecule has 0 radical (unpaired) electrons. The Morgan fingerprint density at radius 3 is 2.63 bits per heavy atom. The van der Waals surface area contributed by atoms with E-state index in [4.69, 9.17) is 5.73 Å². The molecule has 0 aromatic carbocycles. The van der Waals surface area contributed by atoms with Crippen LogP contribution in [0.2, 0.25) is 0 Å². The van der Waals surface area contributed by atoms with Crippen LogP contribution in [0.4, 0.5) is 10.1 Å². The standard InChI is InChI=1S/C18H18FN5O3/c19-13-5-11(7-21-9-13)15-3-1-2-4-24(15)18(27)17(26)23-14-6-12(16(20)25)8-22-10-14/h5-10,15H,1-4H2,(H2,20,25)(H,23,26)/t15-/m0/s1. The Balaban J connectivity index is 1.77. The molecule has 1 aliphatic rings. The van der Waals surface area contributed by atoms with Crippen molar-refractivity contribution >= 4 is 23.4 Å². The van der Waals surface area contributed by atoms with E-state index < -0.39 is 29.6 Å².